The average Bonchev–Trinajstić information content (AvgIpc) is 2.66. The number of rotatable bonds is 5. The quantitative estimate of drug-likeness (QED) is 0.545. The van der Waals surface area contributed by atoms with Gasteiger partial charge in [-0.3, -0.25) is 9.79 Å². The minimum absolute atomic E-state index is 0.0679. The van der Waals surface area contributed by atoms with Crippen molar-refractivity contribution in [1.82, 2.24) is 0 Å². The molecule has 3 rings (SSSR count). The van der Waals surface area contributed by atoms with Crippen LogP contribution in [0.4, 0.5) is 11.4 Å². The van der Waals surface area contributed by atoms with Gasteiger partial charge in [-0.1, -0.05) is 60.7 Å². The van der Waals surface area contributed by atoms with Crippen molar-refractivity contribution in [1.29, 1.82) is 0 Å². The Balaban J connectivity index is 1.82. The lowest BCUT2D eigenvalue weighted by Gasteiger charge is -2.12. The number of amides is 1. The summed E-state index contributed by atoms with van der Waals surface area (Å²) in [6.07, 6.45) is 0.327. The van der Waals surface area contributed by atoms with Crippen LogP contribution in [0.1, 0.15) is 16.7 Å². The molecule has 4 nitrogen and oxygen atoms in total. The van der Waals surface area contributed by atoms with Crippen molar-refractivity contribution in [3.63, 3.8) is 0 Å². The van der Waals surface area contributed by atoms with Gasteiger partial charge in [0.05, 0.1) is 12.1 Å². The maximum Gasteiger partial charge on any atom is 0.228 e. The predicted molar refractivity (Wildman–Crippen MR) is 108 cm³/mol. The fraction of sp³-hybridized carbons (Fsp3) is 0.0909. The molecule has 1 amide bonds. The Morgan fingerprint density at radius 1 is 0.962 bits per heavy atom. The van der Waals surface area contributed by atoms with Gasteiger partial charge in [-0.25, -0.2) is 0 Å². The van der Waals surface area contributed by atoms with Gasteiger partial charge < -0.3 is 11.1 Å². The first-order chi connectivity index (χ1) is 12.7. The van der Waals surface area contributed by atoms with Crippen LogP contribution >= 0.6 is 0 Å². The minimum Gasteiger partial charge on any atom is -0.398 e. The largest absolute Gasteiger partial charge is 0.398 e. The zero-order valence-electron chi connectivity index (χ0n) is 14.6. The van der Waals surface area contributed by atoms with Crippen LogP contribution in [0.25, 0.3) is 0 Å². The molecule has 3 aromatic rings. The number of nitrogens with one attached hydrogen (secondary N) is 1. The van der Waals surface area contributed by atoms with Gasteiger partial charge in [0.25, 0.3) is 0 Å². The summed E-state index contributed by atoms with van der Waals surface area (Å²) in [6, 6.07) is 25.0. The Labute approximate surface area is 153 Å². The number of carbonyl (C=O) groups is 1. The molecule has 0 bridgehead atoms. The molecular formula is C22H21N3O. The van der Waals surface area contributed by atoms with Gasteiger partial charge in [0.15, 0.2) is 0 Å². The van der Waals surface area contributed by atoms with Crippen molar-refractivity contribution in [2.24, 2.45) is 4.99 Å². The van der Waals surface area contributed by atoms with E-state index in [1.807, 2.05) is 66.7 Å². The number of nitrogens with two attached hydrogens (primary N) is 1. The van der Waals surface area contributed by atoms with E-state index in [4.69, 9.17) is 5.73 Å². The highest BCUT2D eigenvalue weighted by Gasteiger charge is 2.12. The molecule has 0 saturated carbocycles. The highest BCUT2D eigenvalue weighted by atomic mass is 16.1. The molecule has 4 heteroatoms. The second-order valence-corrected chi connectivity index (χ2v) is 5.95. The summed E-state index contributed by atoms with van der Waals surface area (Å²) in [5.74, 6) is -0.0679. The minimum atomic E-state index is -0.0679. The fourth-order valence-electron chi connectivity index (χ4n) is 2.83. The van der Waals surface area contributed by atoms with Crippen LogP contribution in [0.3, 0.4) is 0 Å². The van der Waals surface area contributed by atoms with E-state index in [0.29, 0.717) is 17.8 Å². The second kappa shape index (κ2) is 8.12. The number of hydrogen-bond donors (Lipinski definition) is 2. The maximum absolute atomic E-state index is 12.3. The average molecular weight is 343 g/mol. The molecule has 0 aromatic heterocycles. The van der Waals surface area contributed by atoms with Crippen LogP contribution in [0, 0.1) is 0 Å². The van der Waals surface area contributed by atoms with Gasteiger partial charge in [0, 0.05) is 29.5 Å². The van der Waals surface area contributed by atoms with Gasteiger partial charge in [0.2, 0.25) is 5.91 Å². The van der Waals surface area contributed by atoms with Crippen LogP contribution in [-0.2, 0) is 11.2 Å². The zero-order chi connectivity index (χ0) is 18.4. The Morgan fingerprint density at radius 2 is 1.62 bits per heavy atom. The molecule has 3 N–H and O–H groups in total. The highest BCUT2D eigenvalue weighted by Crippen LogP contribution is 2.22. The molecule has 0 atom stereocenters. The lowest BCUT2D eigenvalue weighted by Crippen LogP contribution is -2.15. The number of hydrogen-bond acceptors (Lipinski definition) is 3. The summed E-state index contributed by atoms with van der Waals surface area (Å²) in [7, 11) is 1.74. The topological polar surface area (TPSA) is 67.5 Å². The molecular weight excluding hydrogens is 322 g/mol. The Bertz CT molecular complexity index is 919. The lowest BCUT2D eigenvalue weighted by molar-refractivity contribution is -0.115. The van der Waals surface area contributed by atoms with Gasteiger partial charge >= 0.3 is 0 Å². The third-order valence-electron chi connectivity index (χ3n) is 4.07. The van der Waals surface area contributed by atoms with Crippen molar-refractivity contribution >= 4 is 23.0 Å². The summed E-state index contributed by atoms with van der Waals surface area (Å²) in [5, 5.41) is 2.94. The van der Waals surface area contributed by atoms with Crippen LogP contribution in [-0.4, -0.2) is 18.7 Å². The van der Waals surface area contributed by atoms with E-state index in [0.717, 1.165) is 22.4 Å². The Hall–Kier alpha value is -3.40. The molecule has 0 fully saturated rings. The van der Waals surface area contributed by atoms with E-state index < -0.39 is 0 Å². The van der Waals surface area contributed by atoms with Gasteiger partial charge in [-0.15, -0.1) is 0 Å². The van der Waals surface area contributed by atoms with Crippen molar-refractivity contribution < 1.29 is 4.79 Å². The third kappa shape index (κ3) is 4.16. The van der Waals surface area contributed by atoms with E-state index in [1.165, 1.54) is 0 Å². The first-order valence-corrected chi connectivity index (χ1v) is 8.43. The molecule has 0 aliphatic heterocycles. The standard InChI is InChI=1S/C22H21N3O/c1-24-22(17-10-6-3-7-11-17)19-15-18(12-13-20(19)23)25-21(26)14-16-8-4-2-5-9-16/h2-13,15H,14,23H2,1H3,(H,25,26). The van der Waals surface area contributed by atoms with Crippen LogP contribution in [0.2, 0.25) is 0 Å². The van der Waals surface area contributed by atoms with Crippen LogP contribution in [0.15, 0.2) is 83.9 Å². The number of carbonyl (C=O) groups excluding carboxylic acids is 1. The molecule has 130 valence electrons. The Morgan fingerprint density at radius 3 is 2.27 bits per heavy atom. The summed E-state index contributed by atoms with van der Waals surface area (Å²) >= 11 is 0. The first-order valence-electron chi connectivity index (χ1n) is 8.43. The number of nitrogen functional groups attached to an aromatic ring is 1. The highest BCUT2D eigenvalue weighted by molar-refractivity contribution is 6.16. The number of aliphatic imine (C=N–C) groups is 1. The van der Waals surface area contributed by atoms with Gasteiger partial charge in [-0.05, 0) is 23.8 Å². The molecule has 0 radical (unpaired) electrons. The summed E-state index contributed by atoms with van der Waals surface area (Å²) in [4.78, 5) is 16.7. The van der Waals surface area contributed by atoms with E-state index in [9.17, 15) is 4.79 Å². The van der Waals surface area contributed by atoms with Gasteiger partial charge in [-0.2, -0.15) is 0 Å². The molecule has 0 heterocycles. The van der Waals surface area contributed by atoms with Gasteiger partial charge in [0.1, 0.15) is 0 Å². The SMILES string of the molecule is CN=C(c1ccccc1)c1cc(NC(=O)Cc2ccccc2)ccc1N. The molecule has 0 aliphatic carbocycles. The van der Waals surface area contributed by atoms with Crippen molar-refractivity contribution in [3.05, 3.63) is 95.6 Å². The predicted octanol–water partition coefficient (Wildman–Crippen LogP) is 3.92. The van der Waals surface area contributed by atoms with E-state index in [1.54, 1.807) is 19.2 Å². The fourth-order valence-corrected chi connectivity index (χ4v) is 2.83. The molecule has 3 aromatic carbocycles. The second-order valence-electron chi connectivity index (χ2n) is 5.95. The zero-order valence-corrected chi connectivity index (χ0v) is 14.6. The number of benzene rings is 3. The van der Waals surface area contributed by atoms with E-state index >= 15 is 0 Å². The monoisotopic (exact) mass is 343 g/mol. The van der Waals surface area contributed by atoms with Crippen LogP contribution < -0.4 is 11.1 Å². The van der Waals surface area contributed by atoms with Crippen molar-refractivity contribution in [2.45, 2.75) is 6.42 Å². The van der Waals surface area contributed by atoms with Crippen LogP contribution in [0.5, 0.6) is 0 Å². The summed E-state index contributed by atoms with van der Waals surface area (Å²) < 4.78 is 0. The third-order valence-corrected chi connectivity index (χ3v) is 4.07. The smallest absolute Gasteiger partial charge is 0.228 e. The van der Waals surface area contributed by atoms with Crippen molar-refractivity contribution in [3.8, 4) is 0 Å². The molecule has 0 saturated heterocycles. The molecule has 0 spiro atoms. The van der Waals surface area contributed by atoms with E-state index in [-0.39, 0.29) is 5.91 Å². The number of nitrogens with zero attached hydrogens (tertiary/aromatic N) is 1. The lowest BCUT2D eigenvalue weighted by atomic mass is 10.00. The molecule has 0 unspecified atom stereocenters. The first kappa shape index (κ1) is 17.4. The summed E-state index contributed by atoms with van der Waals surface area (Å²) in [6.45, 7) is 0. The molecule has 26 heavy (non-hydrogen) atoms. The number of anilines is 2. The molecule has 0 aliphatic rings. The maximum atomic E-state index is 12.3. The van der Waals surface area contributed by atoms with E-state index in [2.05, 4.69) is 10.3 Å². The normalized spacial score (nSPS) is 11.2. The Kier molecular flexibility index (Phi) is 5.44. The van der Waals surface area contributed by atoms with Crippen molar-refractivity contribution in [2.75, 3.05) is 18.1 Å². The summed E-state index contributed by atoms with van der Waals surface area (Å²) in [5.41, 5.74) is 11.0.